The van der Waals surface area contributed by atoms with Gasteiger partial charge in [0.15, 0.2) is 0 Å². The largest absolute Gasteiger partial charge is 1.00 e. The van der Waals surface area contributed by atoms with Crippen molar-refractivity contribution in [1.82, 2.24) is 0 Å². The van der Waals surface area contributed by atoms with E-state index >= 15 is 0 Å². The predicted octanol–water partition coefficient (Wildman–Crippen LogP) is 8.30. The van der Waals surface area contributed by atoms with Gasteiger partial charge in [-0.25, -0.2) is 36.5 Å². The Morgan fingerprint density at radius 2 is 0.478 bits per heavy atom. The van der Waals surface area contributed by atoms with E-state index < -0.39 is 0 Å². The van der Waals surface area contributed by atoms with Gasteiger partial charge in [-0.15, -0.1) is 138 Å². The molecule has 348 valence electrons. The fourth-order valence-corrected chi connectivity index (χ4v) is 6.73. The molecular weight excluding hydrogens is 1090 g/mol. The summed E-state index contributed by atoms with van der Waals surface area (Å²) in [6.07, 6.45) is 30.0. The minimum atomic E-state index is 0. The van der Waals surface area contributed by atoms with Gasteiger partial charge >= 0.3 is 124 Å². The molecule has 0 saturated heterocycles. The fraction of sp³-hybridized carbons (Fsp3) is 0.143. The van der Waals surface area contributed by atoms with E-state index in [1.807, 2.05) is 36.5 Å². The van der Waals surface area contributed by atoms with Crippen LogP contribution in [0.4, 0.5) is 0 Å². The zero-order chi connectivity index (χ0) is 47.4. The number of benzene rings is 6. The third-order valence-electron chi connectivity index (χ3n) is 9.33. The van der Waals surface area contributed by atoms with E-state index in [4.69, 9.17) is 0 Å². The van der Waals surface area contributed by atoms with Crippen LogP contribution in [-0.4, -0.2) is 9.62 Å². The Morgan fingerprint density at radius 1 is 0.319 bits per heavy atom. The number of rotatable bonds is 0. The first-order valence-corrected chi connectivity index (χ1v) is 26.0. The summed E-state index contributed by atoms with van der Waals surface area (Å²) in [5, 5.41) is 16.2. The molecule has 6 heteroatoms. The summed E-state index contributed by atoms with van der Waals surface area (Å²) in [7, 11) is 0. The molecule has 0 nitrogen and oxygen atoms in total. The van der Waals surface area contributed by atoms with Gasteiger partial charge in [-0.3, -0.25) is 18.2 Å². The van der Waals surface area contributed by atoms with E-state index in [1.54, 1.807) is 72.7 Å². The molecule has 0 N–H and O–H groups in total. The minimum absolute atomic E-state index is 0. The van der Waals surface area contributed by atoms with Crippen molar-refractivity contribution in [2.24, 2.45) is 0 Å². The van der Waals surface area contributed by atoms with Gasteiger partial charge in [0.2, 0.25) is 0 Å². The van der Waals surface area contributed by atoms with Crippen LogP contribution in [0.15, 0.2) is 218 Å². The standard InChI is InChI=1S/3C13H9.3C5H5.3C3H6.3FH.3Zr/c3*1-3-7-12-10(5-1)9-11-6-2-4-8-13(11)12;3*1-2-4-5-3-1;3*1-3-2;;;;;;/h3*1-9H;3*1-3H,4H2;3*1-2H3;3*1H;;;/q6*-1;;;;;;;3*+2/p-3. The zero-order valence-corrected chi connectivity index (χ0v) is 47.9. The molecule has 0 saturated carbocycles. The summed E-state index contributed by atoms with van der Waals surface area (Å²) in [6, 6.07) is 57.8. The van der Waals surface area contributed by atoms with Crippen LogP contribution in [0.2, 0.25) is 0 Å². The summed E-state index contributed by atoms with van der Waals surface area (Å²) >= 11 is 4.66. The maximum Gasteiger partial charge on any atom is -0.0771 e. The van der Waals surface area contributed by atoms with Crippen molar-refractivity contribution in [3.8, 4) is 0 Å². The van der Waals surface area contributed by atoms with Gasteiger partial charge in [-0.1, -0.05) is 109 Å². The zero-order valence-electron chi connectivity index (χ0n) is 40.5. The molecule has 9 aromatic rings. The average molecular weight is 1150 g/mol. The van der Waals surface area contributed by atoms with Gasteiger partial charge < -0.3 is 14.1 Å². The monoisotopic (exact) mass is 1140 g/mol. The van der Waals surface area contributed by atoms with E-state index in [0.29, 0.717) is 0 Å². The van der Waals surface area contributed by atoms with Gasteiger partial charge in [0.05, 0.1) is 0 Å². The van der Waals surface area contributed by atoms with Gasteiger partial charge in [-0.05, 0) is 0 Å². The van der Waals surface area contributed by atoms with E-state index in [9.17, 15) is 0 Å². The fourth-order valence-electron chi connectivity index (χ4n) is 6.73. The second-order valence-electron chi connectivity index (χ2n) is 16.0. The van der Waals surface area contributed by atoms with Crippen molar-refractivity contribution in [2.75, 3.05) is 0 Å². The Bertz CT molecular complexity index is 2570. The van der Waals surface area contributed by atoms with Gasteiger partial charge in [0.1, 0.15) is 0 Å². The Kier molecular flexibility index (Phi) is 32.9. The summed E-state index contributed by atoms with van der Waals surface area (Å²) in [5.74, 6) is 0. The Morgan fingerprint density at radius 3 is 0.594 bits per heavy atom. The van der Waals surface area contributed by atoms with Gasteiger partial charge in [0.25, 0.3) is 0 Å². The van der Waals surface area contributed by atoms with E-state index in [0.717, 1.165) is 19.3 Å². The first-order valence-electron chi connectivity index (χ1n) is 22.3. The Labute approximate surface area is 454 Å². The summed E-state index contributed by atoms with van der Waals surface area (Å²) < 4.78 is 4.52. The molecular formula is C63H60F3Zr3-3. The molecule has 0 unspecified atom stereocenters. The smallest absolute Gasteiger partial charge is 0.0771 e. The van der Waals surface area contributed by atoms with Crippen LogP contribution in [0.25, 0.3) is 64.6 Å². The van der Waals surface area contributed by atoms with E-state index in [1.165, 1.54) is 74.3 Å². The number of hydrogen-bond acceptors (Lipinski definition) is 0. The predicted molar refractivity (Wildman–Crippen MR) is 285 cm³/mol. The molecule has 3 aliphatic rings. The van der Waals surface area contributed by atoms with Crippen LogP contribution < -0.4 is 14.1 Å². The molecule has 0 radical (unpaired) electrons. The van der Waals surface area contributed by atoms with Crippen molar-refractivity contribution in [3.05, 3.63) is 237 Å². The van der Waals surface area contributed by atoms with Gasteiger partial charge in [-0.2, -0.15) is 18.2 Å². The average Bonchev–Trinajstić information content (AvgIpc) is 4.18. The second kappa shape index (κ2) is 36.4. The topological polar surface area (TPSA) is 0 Å². The number of halogens is 3. The van der Waals surface area contributed by atoms with Gasteiger partial charge in [0, 0.05) is 0 Å². The van der Waals surface area contributed by atoms with Crippen LogP contribution in [0.1, 0.15) is 60.8 Å². The summed E-state index contributed by atoms with van der Waals surface area (Å²) in [5.41, 5.74) is 0. The minimum Gasteiger partial charge on any atom is -1.00 e. The van der Waals surface area contributed by atoms with Crippen LogP contribution in [0.5, 0.6) is 0 Å². The van der Waals surface area contributed by atoms with Crippen LogP contribution in [0, 0.1) is 18.2 Å². The van der Waals surface area contributed by atoms with Crippen molar-refractivity contribution < 1.29 is 86.8 Å². The molecule has 0 aromatic heterocycles. The molecule has 0 aliphatic heterocycles. The van der Waals surface area contributed by atoms with Crippen LogP contribution in [0.3, 0.4) is 0 Å². The van der Waals surface area contributed by atoms with Crippen molar-refractivity contribution in [2.45, 2.75) is 60.8 Å². The normalized spacial score (nSPS) is 11.3. The second-order valence-corrected chi connectivity index (χ2v) is 23.3. The van der Waals surface area contributed by atoms with Crippen LogP contribution >= 0.6 is 0 Å². The van der Waals surface area contributed by atoms with Crippen molar-refractivity contribution in [3.63, 3.8) is 0 Å². The molecule has 12 rings (SSSR count). The first kappa shape index (κ1) is 62.4. The Hall–Kier alpha value is -4.58. The SMILES string of the molecule is C[C](C)=[Zr+2].C[C](C)=[Zr+2].C[C](C)=[Zr+2].[C-]1=CC=CC1.[C-]1=CC=CC1.[C-]1=CC=CC1.[F-].[F-].[F-].c1ccc2c(c1)[cH-]c1ccccc12.c1ccc2c(c1)[cH-]c1ccccc12.c1ccc2c(c1)[cH-]c1ccccc12. The molecule has 0 spiro atoms. The summed E-state index contributed by atoms with van der Waals surface area (Å²) in [4.78, 5) is 0. The molecule has 3 aliphatic carbocycles. The third kappa shape index (κ3) is 23.7. The van der Waals surface area contributed by atoms with E-state index in [2.05, 4.69) is 242 Å². The van der Waals surface area contributed by atoms with Crippen molar-refractivity contribution >= 4 is 74.3 Å². The quantitative estimate of drug-likeness (QED) is 0.134. The maximum atomic E-state index is 2.99. The number of fused-ring (bicyclic) bond motifs is 9. The van der Waals surface area contributed by atoms with Crippen LogP contribution in [-0.2, 0) is 72.7 Å². The van der Waals surface area contributed by atoms with E-state index in [-0.39, 0.29) is 14.1 Å². The third-order valence-corrected chi connectivity index (χ3v) is 9.33. The molecule has 0 fully saturated rings. The maximum absolute atomic E-state index is 2.99. The number of allylic oxidation sites excluding steroid dienone is 12. The molecule has 9 aromatic carbocycles. The summed E-state index contributed by atoms with van der Waals surface area (Å²) in [6.45, 7) is 12.7. The molecule has 0 heterocycles. The molecule has 0 bridgehead atoms. The molecule has 0 atom stereocenters. The Balaban J connectivity index is 0.000000406. The first-order chi connectivity index (χ1) is 32.0. The number of hydrogen-bond donors (Lipinski definition) is 0. The van der Waals surface area contributed by atoms with Crippen molar-refractivity contribution in [1.29, 1.82) is 0 Å². The molecule has 69 heavy (non-hydrogen) atoms. The molecule has 0 amide bonds.